The Morgan fingerprint density at radius 3 is 2.62 bits per heavy atom. The molecule has 2 rings (SSSR count). The Morgan fingerprint density at radius 2 is 2.05 bits per heavy atom. The monoisotopic (exact) mass is 304 g/mol. The van der Waals surface area contributed by atoms with E-state index in [1.807, 2.05) is 36.5 Å². The number of thiazole rings is 1. The lowest BCUT2D eigenvalue weighted by Gasteiger charge is -2.13. The van der Waals surface area contributed by atoms with Crippen LogP contribution in [-0.2, 0) is 17.8 Å². The van der Waals surface area contributed by atoms with Crippen LogP contribution in [-0.4, -0.2) is 22.1 Å². The van der Waals surface area contributed by atoms with E-state index in [4.69, 9.17) is 0 Å². The van der Waals surface area contributed by atoms with E-state index in [1.54, 1.807) is 11.3 Å². The van der Waals surface area contributed by atoms with Crippen molar-refractivity contribution in [1.29, 1.82) is 0 Å². The van der Waals surface area contributed by atoms with Crippen molar-refractivity contribution in [1.82, 2.24) is 10.3 Å². The molecule has 0 aliphatic rings. The number of hydrogen-bond acceptors (Lipinski definition) is 4. The third-order valence-corrected chi connectivity index (χ3v) is 4.52. The zero-order valence-electron chi connectivity index (χ0n) is 12.2. The minimum Gasteiger partial charge on any atom is -0.480 e. The van der Waals surface area contributed by atoms with Gasteiger partial charge in [-0.05, 0) is 17.9 Å². The summed E-state index contributed by atoms with van der Waals surface area (Å²) in [5, 5.41) is 13.3. The van der Waals surface area contributed by atoms with Gasteiger partial charge in [-0.3, -0.25) is 10.1 Å². The lowest BCUT2D eigenvalue weighted by molar-refractivity contribution is -0.139. The largest absolute Gasteiger partial charge is 0.480 e. The van der Waals surface area contributed by atoms with Crippen LogP contribution in [0.25, 0.3) is 0 Å². The molecule has 4 nitrogen and oxygen atoms in total. The maximum Gasteiger partial charge on any atom is 0.321 e. The summed E-state index contributed by atoms with van der Waals surface area (Å²) in [5.74, 6) is -0.379. The van der Waals surface area contributed by atoms with E-state index >= 15 is 0 Å². The summed E-state index contributed by atoms with van der Waals surface area (Å²) in [6.07, 6.45) is 2.35. The van der Waals surface area contributed by atoms with Gasteiger partial charge in [-0.25, -0.2) is 4.98 Å². The molecule has 0 bridgehead atoms. The van der Waals surface area contributed by atoms with E-state index < -0.39 is 12.0 Å². The van der Waals surface area contributed by atoms with Crippen molar-refractivity contribution in [3.05, 3.63) is 52.0 Å². The van der Waals surface area contributed by atoms with Crippen LogP contribution in [0.1, 0.15) is 35.2 Å². The van der Waals surface area contributed by atoms with Crippen molar-refractivity contribution in [2.24, 2.45) is 0 Å². The van der Waals surface area contributed by atoms with Crippen LogP contribution >= 0.6 is 11.3 Å². The third kappa shape index (κ3) is 4.65. The molecule has 1 aromatic heterocycles. The predicted molar refractivity (Wildman–Crippen MR) is 84.6 cm³/mol. The number of carbonyl (C=O) groups is 1. The molecule has 21 heavy (non-hydrogen) atoms. The van der Waals surface area contributed by atoms with Gasteiger partial charge in [0.15, 0.2) is 0 Å². The number of nitrogens with zero attached hydrogens (tertiary/aromatic N) is 1. The van der Waals surface area contributed by atoms with Crippen LogP contribution in [0.4, 0.5) is 0 Å². The van der Waals surface area contributed by atoms with Gasteiger partial charge in [0.1, 0.15) is 11.0 Å². The first kappa shape index (κ1) is 15.7. The zero-order valence-corrected chi connectivity index (χ0v) is 13.1. The second kappa shape index (κ2) is 7.33. The maximum atomic E-state index is 11.4. The highest BCUT2D eigenvalue weighted by Gasteiger charge is 2.18. The molecule has 0 spiro atoms. The highest BCUT2D eigenvalue weighted by Crippen LogP contribution is 2.21. The van der Waals surface area contributed by atoms with Gasteiger partial charge < -0.3 is 5.11 Å². The van der Waals surface area contributed by atoms with Crippen molar-refractivity contribution < 1.29 is 9.90 Å². The molecule has 0 fully saturated rings. The molecule has 0 saturated heterocycles. The van der Waals surface area contributed by atoms with Crippen molar-refractivity contribution in [2.75, 3.05) is 0 Å². The SMILES string of the molecule is CC(C)c1cnc(CN[C@H](Cc2ccccc2)C(=O)O)s1. The quantitative estimate of drug-likeness (QED) is 0.825. The van der Waals surface area contributed by atoms with Crippen molar-refractivity contribution in [3.8, 4) is 0 Å². The summed E-state index contributed by atoms with van der Waals surface area (Å²) >= 11 is 1.63. The number of nitrogens with one attached hydrogen (secondary N) is 1. The van der Waals surface area contributed by atoms with Gasteiger partial charge in [0, 0.05) is 17.6 Å². The summed E-state index contributed by atoms with van der Waals surface area (Å²) in [6, 6.07) is 9.05. The van der Waals surface area contributed by atoms with Crippen LogP contribution < -0.4 is 5.32 Å². The Kier molecular flexibility index (Phi) is 5.47. The number of aromatic nitrogens is 1. The maximum absolute atomic E-state index is 11.4. The van der Waals surface area contributed by atoms with E-state index in [2.05, 4.69) is 24.1 Å². The standard InChI is InChI=1S/C16H20N2O2S/c1-11(2)14-9-18-15(21-14)10-17-13(16(19)20)8-12-6-4-3-5-7-12/h3-7,9,11,13,17H,8,10H2,1-2H3,(H,19,20)/t13-/m1/s1. The second-order valence-corrected chi connectivity index (χ2v) is 6.42. The Morgan fingerprint density at radius 1 is 1.33 bits per heavy atom. The number of aliphatic carboxylic acids is 1. The van der Waals surface area contributed by atoms with E-state index in [-0.39, 0.29) is 0 Å². The molecule has 2 aromatic rings. The Labute approximate surface area is 128 Å². The highest BCUT2D eigenvalue weighted by molar-refractivity contribution is 7.11. The van der Waals surface area contributed by atoms with Gasteiger partial charge in [0.05, 0.1) is 0 Å². The fraction of sp³-hybridized carbons (Fsp3) is 0.375. The molecule has 0 amide bonds. The molecule has 0 aliphatic heterocycles. The molecule has 5 heteroatoms. The van der Waals surface area contributed by atoms with Crippen molar-refractivity contribution in [2.45, 2.75) is 38.8 Å². The summed E-state index contributed by atoms with van der Waals surface area (Å²) in [6.45, 7) is 4.74. The Balaban J connectivity index is 1.95. The van der Waals surface area contributed by atoms with Crippen molar-refractivity contribution >= 4 is 17.3 Å². The van der Waals surface area contributed by atoms with Gasteiger partial charge in [-0.1, -0.05) is 44.2 Å². The van der Waals surface area contributed by atoms with Crippen molar-refractivity contribution in [3.63, 3.8) is 0 Å². The van der Waals surface area contributed by atoms with E-state index in [0.717, 1.165) is 10.6 Å². The first-order chi connectivity index (χ1) is 10.1. The smallest absolute Gasteiger partial charge is 0.321 e. The fourth-order valence-corrected chi connectivity index (χ4v) is 2.85. The molecular weight excluding hydrogens is 284 g/mol. The zero-order chi connectivity index (χ0) is 15.2. The van der Waals surface area contributed by atoms with Crippen LogP contribution in [0.5, 0.6) is 0 Å². The number of benzene rings is 1. The van der Waals surface area contributed by atoms with E-state index in [1.165, 1.54) is 4.88 Å². The number of carboxylic acids is 1. The van der Waals surface area contributed by atoms with Crippen LogP contribution in [0.3, 0.4) is 0 Å². The van der Waals surface area contributed by atoms with Gasteiger partial charge in [0.25, 0.3) is 0 Å². The van der Waals surface area contributed by atoms with Gasteiger partial charge >= 0.3 is 5.97 Å². The first-order valence-electron chi connectivity index (χ1n) is 7.01. The average molecular weight is 304 g/mol. The fourth-order valence-electron chi connectivity index (χ4n) is 1.98. The predicted octanol–water partition coefficient (Wildman–Crippen LogP) is 3.05. The minimum absolute atomic E-state index is 0.454. The molecule has 0 unspecified atom stereocenters. The number of hydrogen-bond donors (Lipinski definition) is 2. The summed E-state index contributed by atoms with van der Waals surface area (Å²) in [4.78, 5) is 16.9. The topological polar surface area (TPSA) is 62.2 Å². The molecule has 1 aromatic carbocycles. The van der Waals surface area contributed by atoms with Gasteiger partial charge in [-0.2, -0.15) is 0 Å². The number of carboxylic acid groups (broad SMARTS) is 1. The number of rotatable bonds is 7. The first-order valence-corrected chi connectivity index (χ1v) is 7.82. The van der Waals surface area contributed by atoms with Crippen LogP contribution in [0, 0.1) is 0 Å². The average Bonchev–Trinajstić information content (AvgIpc) is 2.93. The normalized spacial score (nSPS) is 12.5. The molecule has 112 valence electrons. The highest BCUT2D eigenvalue weighted by atomic mass is 32.1. The molecule has 0 saturated carbocycles. The molecule has 0 radical (unpaired) electrons. The second-order valence-electron chi connectivity index (χ2n) is 5.27. The van der Waals surface area contributed by atoms with E-state index in [9.17, 15) is 9.90 Å². The Bertz CT molecular complexity index is 581. The summed E-state index contributed by atoms with van der Waals surface area (Å²) in [7, 11) is 0. The van der Waals surface area contributed by atoms with Crippen LogP contribution in [0.2, 0.25) is 0 Å². The molecule has 2 N–H and O–H groups in total. The van der Waals surface area contributed by atoms with Gasteiger partial charge in [-0.15, -0.1) is 11.3 Å². The van der Waals surface area contributed by atoms with E-state index in [0.29, 0.717) is 18.9 Å². The third-order valence-electron chi connectivity index (χ3n) is 3.22. The minimum atomic E-state index is -0.834. The summed E-state index contributed by atoms with van der Waals surface area (Å²) < 4.78 is 0. The molecule has 1 heterocycles. The molecular formula is C16H20N2O2S. The van der Waals surface area contributed by atoms with Gasteiger partial charge in [0.2, 0.25) is 0 Å². The Hall–Kier alpha value is -1.72. The lowest BCUT2D eigenvalue weighted by atomic mass is 10.1. The lowest BCUT2D eigenvalue weighted by Crippen LogP contribution is -2.38. The molecule has 1 atom stereocenters. The summed E-state index contributed by atoms with van der Waals surface area (Å²) in [5.41, 5.74) is 1.01. The van der Waals surface area contributed by atoms with Crippen LogP contribution in [0.15, 0.2) is 36.5 Å². The molecule has 0 aliphatic carbocycles.